The van der Waals surface area contributed by atoms with Crippen molar-refractivity contribution in [2.24, 2.45) is 5.92 Å². The number of aryl methyl sites for hydroxylation is 1. The summed E-state index contributed by atoms with van der Waals surface area (Å²) in [6, 6.07) is 4.58. The van der Waals surface area contributed by atoms with Crippen molar-refractivity contribution >= 4 is 35.1 Å². The largest absolute Gasteiger partial charge is 0.480 e. The van der Waals surface area contributed by atoms with Crippen LogP contribution in [0.25, 0.3) is 0 Å². The summed E-state index contributed by atoms with van der Waals surface area (Å²) in [6.45, 7) is 0. The molecular weight excluding hydrogens is 289 g/mol. The van der Waals surface area contributed by atoms with Gasteiger partial charge in [-0.1, -0.05) is 29.3 Å². The average molecular weight is 302 g/mol. The normalized spacial score (nSPS) is 22.3. The minimum atomic E-state index is -0.981. The lowest BCUT2D eigenvalue weighted by atomic mass is 9.96. The lowest BCUT2D eigenvalue weighted by Gasteiger charge is -2.07. The van der Waals surface area contributed by atoms with Crippen LogP contribution in [0.5, 0.6) is 0 Å². The molecule has 1 amide bonds. The third-order valence-electron chi connectivity index (χ3n) is 3.27. The Bertz CT molecular complexity index is 519. The maximum absolute atomic E-state index is 11.6. The molecule has 1 aromatic carbocycles. The summed E-state index contributed by atoms with van der Waals surface area (Å²) in [6.07, 6.45) is 1.62. The van der Waals surface area contributed by atoms with Gasteiger partial charge in [0.25, 0.3) is 0 Å². The summed E-state index contributed by atoms with van der Waals surface area (Å²) >= 11 is 11.7. The molecule has 0 aliphatic carbocycles. The molecular formula is C13H13Cl2NO3. The number of carbonyl (C=O) groups is 2. The molecule has 2 N–H and O–H groups in total. The van der Waals surface area contributed by atoms with Crippen LogP contribution in [0.1, 0.15) is 18.4 Å². The molecule has 19 heavy (non-hydrogen) atoms. The molecule has 0 aromatic heterocycles. The number of carboxylic acids is 1. The number of aliphatic carboxylic acids is 1. The second kappa shape index (κ2) is 5.80. The number of nitrogens with one attached hydrogen (secondary N) is 1. The Hall–Kier alpha value is -1.26. The van der Waals surface area contributed by atoms with Crippen LogP contribution in [-0.4, -0.2) is 23.0 Å². The van der Waals surface area contributed by atoms with Crippen LogP contribution in [0.2, 0.25) is 10.0 Å². The Morgan fingerprint density at radius 3 is 2.68 bits per heavy atom. The van der Waals surface area contributed by atoms with Crippen LogP contribution in [0.4, 0.5) is 0 Å². The van der Waals surface area contributed by atoms with Gasteiger partial charge in [0.2, 0.25) is 5.91 Å². The summed E-state index contributed by atoms with van der Waals surface area (Å²) in [5, 5.41) is 12.3. The Morgan fingerprint density at radius 1 is 1.37 bits per heavy atom. The van der Waals surface area contributed by atoms with Crippen LogP contribution in [0.3, 0.4) is 0 Å². The standard InChI is InChI=1S/C13H13Cl2NO3/c14-9-4-2-7(5-10(9)15)1-3-8-6-11(13(18)19)16-12(8)17/h2,4-5,8,11H,1,3,6H2,(H,16,17)(H,18,19). The highest BCUT2D eigenvalue weighted by Crippen LogP contribution is 2.25. The van der Waals surface area contributed by atoms with Crippen LogP contribution in [-0.2, 0) is 16.0 Å². The lowest BCUT2D eigenvalue weighted by Crippen LogP contribution is -2.32. The van der Waals surface area contributed by atoms with E-state index in [0.29, 0.717) is 29.3 Å². The number of hydrogen-bond donors (Lipinski definition) is 2. The highest BCUT2D eigenvalue weighted by molar-refractivity contribution is 6.42. The minimum Gasteiger partial charge on any atom is -0.480 e. The maximum atomic E-state index is 11.6. The molecule has 6 heteroatoms. The van der Waals surface area contributed by atoms with Gasteiger partial charge in [-0.15, -0.1) is 0 Å². The second-order valence-corrected chi connectivity index (χ2v) is 5.43. The molecule has 1 aliphatic heterocycles. The molecule has 1 heterocycles. The summed E-state index contributed by atoms with van der Waals surface area (Å²) in [5.41, 5.74) is 0.987. The van der Waals surface area contributed by atoms with Crippen LogP contribution < -0.4 is 5.32 Å². The van der Waals surface area contributed by atoms with Gasteiger partial charge in [-0.25, -0.2) is 4.79 Å². The number of hydrogen-bond acceptors (Lipinski definition) is 2. The number of carboxylic acid groups (broad SMARTS) is 1. The zero-order valence-corrected chi connectivity index (χ0v) is 11.5. The Balaban J connectivity index is 1.94. The first-order valence-electron chi connectivity index (χ1n) is 5.94. The van der Waals surface area contributed by atoms with Crippen molar-refractivity contribution in [1.82, 2.24) is 5.32 Å². The van der Waals surface area contributed by atoms with Crippen LogP contribution in [0, 0.1) is 5.92 Å². The van der Waals surface area contributed by atoms with Crippen molar-refractivity contribution in [3.8, 4) is 0 Å². The van der Waals surface area contributed by atoms with E-state index in [-0.39, 0.29) is 11.8 Å². The van der Waals surface area contributed by atoms with Crippen LogP contribution in [0.15, 0.2) is 18.2 Å². The molecule has 0 spiro atoms. The second-order valence-electron chi connectivity index (χ2n) is 4.62. The molecule has 4 nitrogen and oxygen atoms in total. The third-order valence-corrected chi connectivity index (χ3v) is 4.01. The topological polar surface area (TPSA) is 66.4 Å². The van der Waals surface area contributed by atoms with Gasteiger partial charge in [-0.05, 0) is 37.0 Å². The van der Waals surface area contributed by atoms with Gasteiger partial charge in [0.05, 0.1) is 10.0 Å². The summed E-state index contributed by atoms with van der Waals surface area (Å²) in [4.78, 5) is 22.4. The highest BCUT2D eigenvalue weighted by atomic mass is 35.5. The number of benzene rings is 1. The van der Waals surface area contributed by atoms with E-state index < -0.39 is 12.0 Å². The number of rotatable bonds is 4. The van der Waals surface area contributed by atoms with Gasteiger partial charge < -0.3 is 10.4 Å². The fourth-order valence-electron chi connectivity index (χ4n) is 2.19. The Morgan fingerprint density at radius 2 is 2.11 bits per heavy atom. The zero-order chi connectivity index (χ0) is 14.0. The monoisotopic (exact) mass is 301 g/mol. The van der Waals surface area contributed by atoms with Crippen molar-refractivity contribution in [3.63, 3.8) is 0 Å². The molecule has 0 saturated carbocycles. The molecule has 0 bridgehead atoms. The highest BCUT2D eigenvalue weighted by Gasteiger charge is 2.35. The molecule has 2 rings (SSSR count). The number of amides is 1. The van der Waals surface area contributed by atoms with Gasteiger partial charge in [0.1, 0.15) is 6.04 Å². The summed E-state index contributed by atoms with van der Waals surface area (Å²) in [7, 11) is 0. The van der Waals surface area contributed by atoms with Gasteiger partial charge in [0, 0.05) is 5.92 Å². The van der Waals surface area contributed by atoms with Gasteiger partial charge in [0.15, 0.2) is 0 Å². The fraction of sp³-hybridized carbons (Fsp3) is 0.385. The van der Waals surface area contributed by atoms with Crippen molar-refractivity contribution in [2.75, 3.05) is 0 Å². The molecule has 1 aromatic rings. The molecule has 102 valence electrons. The molecule has 0 radical (unpaired) electrons. The van der Waals surface area contributed by atoms with Gasteiger partial charge in [-0.2, -0.15) is 0 Å². The molecule has 2 unspecified atom stereocenters. The molecule has 1 aliphatic rings. The lowest BCUT2D eigenvalue weighted by molar-refractivity contribution is -0.140. The van der Waals surface area contributed by atoms with E-state index in [2.05, 4.69) is 5.32 Å². The van der Waals surface area contributed by atoms with E-state index in [1.807, 2.05) is 6.07 Å². The van der Waals surface area contributed by atoms with E-state index in [1.54, 1.807) is 12.1 Å². The average Bonchev–Trinajstić information content (AvgIpc) is 2.73. The summed E-state index contributed by atoms with van der Waals surface area (Å²) in [5.74, 6) is -1.42. The van der Waals surface area contributed by atoms with Crippen molar-refractivity contribution < 1.29 is 14.7 Å². The van der Waals surface area contributed by atoms with E-state index in [1.165, 1.54) is 0 Å². The molecule has 1 saturated heterocycles. The first kappa shape index (κ1) is 14.2. The Labute approximate surface area is 120 Å². The van der Waals surface area contributed by atoms with Crippen molar-refractivity contribution in [1.29, 1.82) is 0 Å². The predicted octanol–water partition coefficient (Wildman–Crippen LogP) is 2.52. The quantitative estimate of drug-likeness (QED) is 0.898. The molecule has 2 atom stereocenters. The maximum Gasteiger partial charge on any atom is 0.326 e. The number of halogens is 2. The van der Waals surface area contributed by atoms with Gasteiger partial charge >= 0.3 is 5.97 Å². The van der Waals surface area contributed by atoms with Crippen molar-refractivity contribution in [3.05, 3.63) is 33.8 Å². The van der Waals surface area contributed by atoms with E-state index in [4.69, 9.17) is 28.3 Å². The SMILES string of the molecule is O=C1NC(C(=O)O)CC1CCc1ccc(Cl)c(Cl)c1. The number of carbonyl (C=O) groups excluding carboxylic acids is 1. The first-order chi connectivity index (χ1) is 8.97. The fourth-order valence-corrected chi connectivity index (χ4v) is 2.51. The van der Waals surface area contributed by atoms with E-state index >= 15 is 0 Å². The zero-order valence-electron chi connectivity index (χ0n) is 10.0. The summed E-state index contributed by atoms with van der Waals surface area (Å²) < 4.78 is 0. The molecule has 1 fully saturated rings. The van der Waals surface area contributed by atoms with E-state index in [0.717, 1.165) is 5.56 Å². The first-order valence-corrected chi connectivity index (χ1v) is 6.70. The van der Waals surface area contributed by atoms with E-state index in [9.17, 15) is 9.59 Å². The predicted molar refractivity (Wildman–Crippen MR) is 72.5 cm³/mol. The van der Waals surface area contributed by atoms with Crippen molar-refractivity contribution in [2.45, 2.75) is 25.3 Å². The minimum absolute atomic E-state index is 0.188. The smallest absolute Gasteiger partial charge is 0.326 e. The third kappa shape index (κ3) is 3.39. The van der Waals surface area contributed by atoms with Crippen LogP contribution >= 0.6 is 23.2 Å². The van der Waals surface area contributed by atoms with Gasteiger partial charge in [-0.3, -0.25) is 4.79 Å². The Kier molecular flexibility index (Phi) is 4.32.